The molecule has 0 radical (unpaired) electrons. The molecule has 1 atom stereocenters. The zero-order chi connectivity index (χ0) is 11.3. The lowest BCUT2D eigenvalue weighted by molar-refractivity contribution is 0.439. The summed E-state index contributed by atoms with van der Waals surface area (Å²) in [6.07, 6.45) is 3.39. The van der Waals surface area contributed by atoms with Crippen LogP contribution in [0.4, 0.5) is 4.39 Å². The Morgan fingerprint density at radius 3 is 2.60 bits per heavy atom. The van der Waals surface area contributed by atoms with Gasteiger partial charge >= 0.3 is 0 Å². The molecule has 1 rings (SSSR count). The lowest BCUT2D eigenvalue weighted by Crippen LogP contribution is -2.28. The van der Waals surface area contributed by atoms with E-state index in [1.165, 1.54) is 12.3 Å². The summed E-state index contributed by atoms with van der Waals surface area (Å²) in [6, 6.07) is 3.86. The molecule has 0 aliphatic rings. The normalized spacial score (nSPS) is 13.1. The standard InChI is InChI=1S/C12H19FN2/c1-4-5-12(15-9(2)3)11-7-6-10(13)8-14-11/h6-9,12,15H,4-5H2,1-3H3. The van der Waals surface area contributed by atoms with E-state index in [1.807, 2.05) is 0 Å². The van der Waals surface area contributed by atoms with E-state index in [0.717, 1.165) is 18.5 Å². The lowest BCUT2D eigenvalue weighted by atomic mass is 10.1. The monoisotopic (exact) mass is 210 g/mol. The van der Waals surface area contributed by atoms with E-state index >= 15 is 0 Å². The Hall–Kier alpha value is -0.960. The van der Waals surface area contributed by atoms with Crippen molar-refractivity contribution in [2.75, 3.05) is 0 Å². The van der Waals surface area contributed by atoms with Crippen LogP contribution in [-0.2, 0) is 0 Å². The summed E-state index contributed by atoms with van der Waals surface area (Å²) in [5.74, 6) is -0.279. The summed E-state index contributed by atoms with van der Waals surface area (Å²) in [6.45, 7) is 6.34. The third-order valence-corrected chi connectivity index (χ3v) is 2.22. The van der Waals surface area contributed by atoms with Gasteiger partial charge in [0.1, 0.15) is 5.82 Å². The second kappa shape index (κ2) is 5.81. The topological polar surface area (TPSA) is 24.9 Å². The van der Waals surface area contributed by atoms with Crippen molar-refractivity contribution in [3.05, 3.63) is 29.8 Å². The third-order valence-electron chi connectivity index (χ3n) is 2.22. The van der Waals surface area contributed by atoms with Gasteiger partial charge in [0, 0.05) is 12.1 Å². The second-order valence-corrected chi connectivity index (χ2v) is 4.06. The molecule has 2 nitrogen and oxygen atoms in total. The maximum Gasteiger partial charge on any atom is 0.141 e. The first kappa shape index (κ1) is 12.1. The van der Waals surface area contributed by atoms with Gasteiger partial charge < -0.3 is 5.32 Å². The predicted octanol–water partition coefficient (Wildman–Crippen LogP) is 3.06. The summed E-state index contributed by atoms with van der Waals surface area (Å²) >= 11 is 0. The Balaban J connectivity index is 2.74. The van der Waals surface area contributed by atoms with Crippen molar-refractivity contribution in [3.8, 4) is 0 Å². The molecule has 1 heterocycles. The van der Waals surface area contributed by atoms with E-state index in [1.54, 1.807) is 6.07 Å². The molecular formula is C12H19FN2. The van der Waals surface area contributed by atoms with Gasteiger partial charge in [-0.1, -0.05) is 27.2 Å². The molecule has 0 amide bonds. The Kier molecular flexibility index (Phi) is 4.69. The minimum Gasteiger partial charge on any atom is -0.306 e. The van der Waals surface area contributed by atoms with Crippen LogP contribution in [-0.4, -0.2) is 11.0 Å². The molecule has 0 aliphatic carbocycles. The van der Waals surface area contributed by atoms with Crippen molar-refractivity contribution in [3.63, 3.8) is 0 Å². The quantitative estimate of drug-likeness (QED) is 0.808. The van der Waals surface area contributed by atoms with Gasteiger partial charge in [0.25, 0.3) is 0 Å². The fourth-order valence-electron chi connectivity index (χ4n) is 1.60. The van der Waals surface area contributed by atoms with E-state index in [9.17, 15) is 4.39 Å². The van der Waals surface area contributed by atoms with Crippen LogP contribution in [0.2, 0.25) is 0 Å². The lowest BCUT2D eigenvalue weighted by Gasteiger charge is -2.20. The zero-order valence-corrected chi connectivity index (χ0v) is 9.63. The molecule has 3 heteroatoms. The third kappa shape index (κ3) is 3.96. The maximum atomic E-state index is 12.7. The average molecular weight is 210 g/mol. The Morgan fingerprint density at radius 1 is 1.40 bits per heavy atom. The molecule has 0 saturated carbocycles. The highest BCUT2D eigenvalue weighted by molar-refractivity contribution is 5.10. The van der Waals surface area contributed by atoms with Gasteiger partial charge in [0.2, 0.25) is 0 Å². The van der Waals surface area contributed by atoms with Crippen molar-refractivity contribution in [2.45, 2.75) is 45.7 Å². The smallest absolute Gasteiger partial charge is 0.141 e. The number of nitrogens with zero attached hydrogens (tertiary/aromatic N) is 1. The molecule has 0 aliphatic heterocycles. The van der Waals surface area contributed by atoms with Crippen LogP contribution in [0.1, 0.15) is 45.3 Å². The molecule has 0 saturated heterocycles. The number of nitrogens with one attached hydrogen (secondary N) is 1. The Morgan fingerprint density at radius 2 is 2.13 bits per heavy atom. The number of halogens is 1. The first-order valence-corrected chi connectivity index (χ1v) is 5.51. The van der Waals surface area contributed by atoms with Crippen LogP contribution >= 0.6 is 0 Å². The van der Waals surface area contributed by atoms with Gasteiger partial charge in [-0.05, 0) is 18.6 Å². The SMILES string of the molecule is CCCC(NC(C)C)c1ccc(F)cn1. The number of hydrogen-bond acceptors (Lipinski definition) is 2. The second-order valence-electron chi connectivity index (χ2n) is 4.06. The largest absolute Gasteiger partial charge is 0.306 e. The Bertz CT molecular complexity index is 282. The van der Waals surface area contributed by atoms with E-state index in [2.05, 4.69) is 31.1 Å². The maximum absolute atomic E-state index is 12.7. The van der Waals surface area contributed by atoms with Crippen LogP contribution in [0.15, 0.2) is 18.3 Å². The predicted molar refractivity (Wildman–Crippen MR) is 60.1 cm³/mol. The van der Waals surface area contributed by atoms with Crippen LogP contribution in [0.25, 0.3) is 0 Å². The fraction of sp³-hybridized carbons (Fsp3) is 0.583. The molecule has 0 fully saturated rings. The highest BCUT2D eigenvalue weighted by Gasteiger charge is 2.12. The average Bonchev–Trinajstić information content (AvgIpc) is 2.17. The minimum absolute atomic E-state index is 0.232. The van der Waals surface area contributed by atoms with Gasteiger partial charge in [0.15, 0.2) is 0 Å². The summed E-state index contributed by atoms with van der Waals surface area (Å²) < 4.78 is 12.7. The van der Waals surface area contributed by atoms with Crippen molar-refractivity contribution < 1.29 is 4.39 Å². The number of aromatic nitrogens is 1. The van der Waals surface area contributed by atoms with Crippen LogP contribution in [0, 0.1) is 5.82 Å². The number of pyridine rings is 1. The van der Waals surface area contributed by atoms with E-state index in [4.69, 9.17) is 0 Å². The molecule has 1 N–H and O–H groups in total. The molecule has 15 heavy (non-hydrogen) atoms. The highest BCUT2D eigenvalue weighted by atomic mass is 19.1. The first-order valence-electron chi connectivity index (χ1n) is 5.51. The van der Waals surface area contributed by atoms with Gasteiger partial charge in [0.05, 0.1) is 11.9 Å². The first-order chi connectivity index (χ1) is 7.13. The molecule has 0 spiro atoms. The van der Waals surface area contributed by atoms with Crippen LogP contribution in [0.5, 0.6) is 0 Å². The summed E-state index contributed by atoms with van der Waals surface area (Å²) in [5, 5.41) is 3.43. The van der Waals surface area contributed by atoms with Gasteiger partial charge in [-0.25, -0.2) is 4.39 Å². The van der Waals surface area contributed by atoms with E-state index in [0.29, 0.717) is 6.04 Å². The Labute approximate surface area is 90.9 Å². The number of hydrogen-bond donors (Lipinski definition) is 1. The molecule has 84 valence electrons. The van der Waals surface area contributed by atoms with Crippen LogP contribution < -0.4 is 5.32 Å². The van der Waals surface area contributed by atoms with Gasteiger partial charge in [-0.3, -0.25) is 4.98 Å². The minimum atomic E-state index is -0.279. The molecule has 1 unspecified atom stereocenters. The molecule has 1 aromatic rings. The van der Waals surface area contributed by atoms with Gasteiger partial charge in [-0.15, -0.1) is 0 Å². The molecule has 0 aromatic carbocycles. The molecule has 0 bridgehead atoms. The number of rotatable bonds is 5. The van der Waals surface area contributed by atoms with Crippen molar-refractivity contribution in [1.29, 1.82) is 0 Å². The molecule has 1 aromatic heterocycles. The van der Waals surface area contributed by atoms with Crippen molar-refractivity contribution in [1.82, 2.24) is 10.3 Å². The zero-order valence-electron chi connectivity index (χ0n) is 9.63. The van der Waals surface area contributed by atoms with E-state index in [-0.39, 0.29) is 11.9 Å². The fourth-order valence-corrected chi connectivity index (χ4v) is 1.60. The van der Waals surface area contributed by atoms with Gasteiger partial charge in [-0.2, -0.15) is 0 Å². The summed E-state index contributed by atoms with van der Waals surface area (Å²) in [7, 11) is 0. The summed E-state index contributed by atoms with van der Waals surface area (Å²) in [4.78, 5) is 4.11. The van der Waals surface area contributed by atoms with Crippen molar-refractivity contribution in [2.24, 2.45) is 0 Å². The highest BCUT2D eigenvalue weighted by Crippen LogP contribution is 2.17. The van der Waals surface area contributed by atoms with E-state index < -0.39 is 0 Å². The molecular weight excluding hydrogens is 191 g/mol. The summed E-state index contributed by atoms with van der Waals surface area (Å²) in [5.41, 5.74) is 0.923. The van der Waals surface area contributed by atoms with Crippen molar-refractivity contribution >= 4 is 0 Å². The van der Waals surface area contributed by atoms with Crippen LogP contribution in [0.3, 0.4) is 0 Å².